The van der Waals surface area contributed by atoms with Gasteiger partial charge in [0.1, 0.15) is 12.3 Å². The molecule has 0 saturated carbocycles. The fourth-order valence-corrected chi connectivity index (χ4v) is 5.27. The van der Waals surface area contributed by atoms with Gasteiger partial charge in [-0.1, -0.05) is 53.1 Å². The van der Waals surface area contributed by atoms with Crippen molar-refractivity contribution in [2.75, 3.05) is 6.54 Å². The van der Waals surface area contributed by atoms with Crippen molar-refractivity contribution in [1.82, 2.24) is 10.0 Å². The summed E-state index contributed by atoms with van der Waals surface area (Å²) in [5.41, 5.74) is 2.65. The SMILES string of the molecule is CC1=CC[C@@H]2C(=O)N(N(CC(=O)c3ccc(OC(=O)c4ccc(C)cc4)cc3)C(=O)c3ccccc3Cl)C(=O)[C@@H]2C1. The van der Waals surface area contributed by atoms with Crippen LogP contribution in [0.15, 0.2) is 84.4 Å². The van der Waals surface area contributed by atoms with Crippen LogP contribution in [-0.4, -0.2) is 46.0 Å². The van der Waals surface area contributed by atoms with Gasteiger partial charge >= 0.3 is 5.97 Å². The second kappa shape index (κ2) is 11.5. The lowest BCUT2D eigenvalue weighted by Gasteiger charge is -2.30. The van der Waals surface area contributed by atoms with Crippen LogP contribution in [0.1, 0.15) is 56.4 Å². The molecule has 8 nitrogen and oxygen atoms in total. The minimum Gasteiger partial charge on any atom is -0.423 e. The molecule has 1 saturated heterocycles. The number of nitrogens with zero attached hydrogens (tertiary/aromatic N) is 2. The van der Waals surface area contributed by atoms with Gasteiger partial charge in [0, 0.05) is 5.56 Å². The lowest BCUT2D eigenvalue weighted by molar-refractivity contribution is -0.154. The first-order valence-corrected chi connectivity index (χ1v) is 13.5. The first-order chi connectivity index (χ1) is 19.6. The zero-order chi connectivity index (χ0) is 29.3. The van der Waals surface area contributed by atoms with Gasteiger partial charge in [0.15, 0.2) is 5.78 Å². The minimum absolute atomic E-state index is 0.0603. The number of amides is 3. The quantitative estimate of drug-likeness (QED) is 0.123. The molecule has 0 radical (unpaired) electrons. The van der Waals surface area contributed by atoms with Crippen molar-refractivity contribution < 1.29 is 28.7 Å². The van der Waals surface area contributed by atoms with Crippen LogP contribution < -0.4 is 4.74 Å². The number of allylic oxidation sites excluding steroid dienone is 2. The molecule has 1 heterocycles. The van der Waals surface area contributed by atoms with E-state index in [0.717, 1.165) is 21.2 Å². The van der Waals surface area contributed by atoms with Crippen molar-refractivity contribution in [3.8, 4) is 5.75 Å². The van der Waals surface area contributed by atoms with Gasteiger partial charge < -0.3 is 4.74 Å². The summed E-state index contributed by atoms with van der Waals surface area (Å²) in [6.45, 7) is 3.24. The number of aryl methyl sites for hydroxylation is 1. The van der Waals surface area contributed by atoms with Crippen molar-refractivity contribution in [2.45, 2.75) is 26.7 Å². The number of Topliss-reactive ketones (excluding diaryl/α,β-unsaturated/α-hetero) is 1. The van der Waals surface area contributed by atoms with E-state index in [1.165, 1.54) is 36.4 Å². The van der Waals surface area contributed by atoms with Crippen molar-refractivity contribution in [3.05, 3.63) is 112 Å². The molecule has 3 amide bonds. The smallest absolute Gasteiger partial charge is 0.343 e. The molecule has 2 aliphatic rings. The van der Waals surface area contributed by atoms with Crippen LogP contribution in [0.25, 0.3) is 0 Å². The molecule has 41 heavy (non-hydrogen) atoms. The molecule has 0 aromatic heterocycles. The van der Waals surface area contributed by atoms with Crippen LogP contribution in [-0.2, 0) is 9.59 Å². The fraction of sp³-hybridized carbons (Fsp3) is 0.219. The summed E-state index contributed by atoms with van der Waals surface area (Å²) in [4.78, 5) is 66.4. The highest BCUT2D eigenvalue weighted by Gasteiger charge is 2.51. The fourth-order valence-electron chi connectivity index (χ4n) is 5.06. The van der Waals surface area contributed by atoms with Crippen LogP contribution in [0.4, 0.5) is 0 Å². The maximum Gasteiger partial charge on any atom is 0.343 e. The minimum atomic E-state index is -0.738. The summed E-state index contributed by atoms with van der Waals surface area (Å²) in [5.74, 6) is -3.79. The Balaban J connectivity index is 1.38. The Bertz CT molecular complexity index is 1580. The summed E-state index contributed by atoms with van der Waals surface area (Å²) in [6, 6.07) is 19.0. The zero-order valence-corrected chi connectivity index (χ0v) is 23.3. The van der Waals surface area contributed by atoms with Gasteiger partial charge in [0.2, 0.25) is 0 Å². The predicted octanol–water partition coefficient (Wildman–Crippen LogP) is 5.45. The number of halogens is 1. The van der Waals surface area contributed by atoms with Gasteiger partial charge in [-0.05, 0) is 75.2 Å². The lowest BCUT2D eigenvalue weighted by Crippen LogP contribution is -2.52. The van der Waals surface area contributed by atoms with Crippen LogP contribution in [0.2, 0.25) is 5.02 Å². The molecule has 1 aliphatic heterocycles. The highest BCUT2D eigenvalue weighted by atomic mass is 35.5. The molecule has 0 unspecified atom stereocenters. The number of ether oxygens (including phenoxy) is 1. The Morgan fingerprint density at radius 1 is 0.878 bits per heavy atom. The number of hydrogen-bond acceptors (Lipinski definition) is 6. The summed E-state index contributed by atoms with van der Waals surface area (Å²) < 4.78 is 5.41. The molecule has 0 bridgehead atoms. The van der Waals surface area contributed by atoms with E-state index in [-0.39, 0.29) is 21.9 Å². The standard InChI is InChI=1S/C32H27ClN2O6/c1-19-7-10-22(11-8-19)32(40)41-23-14-12-21(13-15-23)28(36)18-34(29(37)25-5-3-4-6-27(25)33)35-30(38)24-16-9-20(2)17-26(24)31(35)39/h3-15,24,26H,16-18H2,1-2H3/t24-,26+/m0/s1. The van der Waals surface area contributed by atoms with E-state index in [9.17, 15) is 24.0 Å². The van der Waals surface area contributed by atoms with Crippen LogP contribution in [0.3, 0.4) is 0 Å². The maximum atomic E-state index is 13.7. The third kappa shape index (κ3) is 5.69. The molecule has 2 atom stereocenters. The molecule has 1 aliphatic carbocycles. The van der Waals surface area contributed by atoms with Crippen molar-refractivity contribution in [2.24, 2.45) is 11.8 Å². The Kier molecular flexibility index (Phi) is 7.85. The normalized spacial score (nSPS) is 18.0. The third-order valence-corrected chi connectivity index (χ3v) is 7.68. The number of esters is 1. The average molecular weight is 571 g/mol. The van der Waals surface area contributed by atoms with E-state index in [4.69, 9.17) is 16.3 Å². The van der Waals surface area contributed by atoms with E-state index in [2.05, 4.69) is 0 Å². The van der Waals surface area contributed by atoms with Crippen molar-refractivity contribution in [1.29, 1.82) is 0 Å². The molecular weight excluding hydrogens is 544 g/mol. The summed E-state index contributed by atoms with van der Waals surface area (Å²) in [5, 5.41) is 1.85. The Morgan fingerprint density at radius 3 is 2.20 bits per heavy atom. The largest absolute Gasteiger partial charge is 0.423 e. The Morgan fingerprint density at radius 2 is 1.51 bits per heavy atom. The Labute approximate surface area is 242 Å². The van der Waals surface area contributed by atoms with Crippen molar-refractivity contribution >= 4 is 41.1 Å². The molecule has 3 aromatic rings. The number of carbonyl (C=O) groups is 5. The van der Waals surface area contributed by atoms with E-state index in [1.807, 2.05) is 19.9 Å². The number of ketones is 1. The molecule has 0 N–H and O–H groups in total. The molecule has 1 fully saturated rings. The van der Waals surface area contributed by atoms with Gasteiger partial charge in [-0.25, -0.2) is 9.80 Å². The Hall–Kier alpha value is -4.56. The summed E-state index contributed by atoms with van der Waals surface area (Å²) >= 11 is 6.28. The average Bonchev–Trinajstić information content (AvgIpc) is 3.20. The van der Waals surface area contributed by atoms with Crippen LogP contribution >= 0.6 is 11.6 Å². The molecule has 5 rings (SSSR count). The number of imide groups is 1. The lowest BCUT2D eigenvalue weighted by atomic mass is 9.82. The van der Waals surface area contributed by atoms with Gasteiger partial charge in [-0.3, -0.25) is 19.2 Å². The monoisotopic (exact) mass is 570 g/mol. The molecule has 208 valence electrons. The second-order valence-electron chi connectivity index (χ2n) is 10.2. The molecule has 0 spiro atoms. The number of hydrogen-bond donors (Lipinski definition) is 0. The predicted molar refractivity (Wildman–Crippen MR) is 151 cm³/mol. The maximum absolute atomic E-state index is 13.7. The number of hydrazine groups is 1. The number of carbonyl (C=O) groups excluding carboxylic acids is 5. The van der Waals surface area contributed by atoms with Gasteiger partial charge in [0.05, 0.1) is 28.0 Å². The molecule has 3 aromatic carbocycles. The summed E-state index contributed by atoms with van der Waals surface area (Å²) in [6.07, 6.45) is 2.73. The van der Waals surface area contributed by atoms with E-state index in [1.54, 1.807) is 36.4 Å². The van der Waals surface area contributed by atoms with E-state index >= 15 is 0 Å². The van der Waals surface area contributed by atoms with Gasteiger partial charge in [-0.2, -0.15) is 5.01 Å². The topological polar surface area (TPSA) is 101 Å². The zero-order valence-electron chi connectivity index (χ0n) is 22.5. The van der Waals surface area contributed by atoms with E-state index in [0.29, 0.717) is 18.4 Å². The van der Waals surface area contributed by atoms with Gasteiger partial charge in [-0.15, -0.1) is 0 Å². The first-order valence-electron chi connectivity index (χ1n) is 13.2. The number of rotatable bonds is 7. The highest BCUT2D eigenvalue weighted by molar-refractivity contribution is 6.34. The molecular formula is C32H27ClN2O6. The highest BCUT2D eigenvalue weighted by Crippen LogP contribution is 2.39. The van der Waals surface area contributed by atoms with Crippen LogP contribution in [0, 0.1) is 18.8 Å². The van der Waals surface area contributed by atoms with Crippen molar-refractivity contribution in [3.63, 3.8) is 0 Å². The molecule has 9 heteroatoms. The number of fused-ring (bicyclic) bond motifs is 1. The van der Waals surface area contributed by atoms with Crippen LogP contribution in [0.5, 0.6) is 5.75 Å². The second-order valence-corrected chi connectivity index (χ2v) is 10.6. The van der Waals surface area contributed by atoms with Gasteiger partial charge in [0.25, 0.3) is 17.7 Å². The summed E-state index contributed by atoms with van der Waals surface area (Å²) in [7, 11) is 0. The first kappa shape index (κ1) is 28.0. The number of benzene rings is 3. The van der Waals surface area contributed by atoms with E-state index < -0.39 is 47.9 Å². The third-order valence-electron chi connectivity index (χ3n) is 7.35.